The molecule has 5 rings (SSSR count). The molecule has 0 aliphatic carbocycles. The molecule has 0 radical (unpaired) electrons. The van der Waals surface area contributed by atoms with Gasteiger partial charge >= 0.3 is 0 Å². The zero-order valence-electron chi connectivity index (χ0n) is 19.7. The minimum atomic E-state index is -3.48. The largest absolute Gasteiger partial charge is 0.482 e. The number of fused-ring (bicyclic) bond motifs is 3. The van der Waals surface area contributed by atoms with Gasteiger partial charge in [0.15, 0.2) is 6.61 Å². The molecule has 14 heteroatoms. The van der Waals surface area contributed by atoms with Crippen molar-refractivity contribution in [3.8, 4) is 5.75 Å². The molecule has 0 bridgehead atoms. The number of carbonyl (C=O) groups excluding carboxylic acids is 1. The van der Waals surface area contributed by atoms with E-state index in [1.54, 1.807) is 20.9 Å². The molecule has 1 unspecified atom stereocenters. The number of thiophene rings is 1. The second kappa shape index (κ2) is 9.41. The normalized spacial score (nSPS) is 15.8. The summed E-state index contributed by atoms with van der Waals surface area (Å²) in [6.07, 6.45) is 2.03. The van der Waals surface area contributed by atoms with Gasteiger partial charge in [-0.25, -0.2) is 27.3 Å². The number of imidazole rings is 1. The zero-order valence-corrected chi connectivity index (χ0v) is 22.1. The van der Waals surface area contributed by atoms with Crippen molar-refractivity contribution in [3.05, 3.63) is 56.4 Å². The highest BCUT2D eigenvalue weighted by Gasteiger charge is 2.38. The number of nitrogens with one attached hydrogen (secondary N) is 1. The first-order valence-electron chi connectivity index (χ1n) is 11.1. The molecular weight excluding hydrogens is 527 g/mol. The van der Waals surface area contributed by atoms with Crippen LogP contribution in [-0.2, 0) is 27.7 Å². The molecule has 1 amide bonds. The molecule has 0 saturated heterocycles. The van der Waals surface area contributed by atoms with Crippen molar-refractivity contribution < 1.29 is 22.3 Å². The molecule has 1 atom stereocenters. The fourth-order valence-electron chi connectivity index (χ4n) is 4.24. The molecule has 0 spiro atoms. The predicted molar refractivity (Wildman–Crippen MR) is 135 cm³/mol. The van der Waals surface area contributed by atoms with E-state index in [0.717, 1.165) is 17.0 Å². The van der Waals surface area contributed by atoms with Crippen molar-refractivity contribution in [2.45, 2.75) is 32.7 Å². The number of nitrogens with zero attached hydrogens (tertiary/aromatic N) is 5. The average molecular weight is 551 g/mol. The van der Waals surface area contributed by atoms with Gasteiger partial charge in [0.1, 0.15) is 28.4 Å². The first kappa shape index (κ1) is 24.6. The third kappa shape index (κ3) is 4.67. The van der Waals surface area contributed by atoms with Crippen LogP contribution in [0.15, 0.2) is 23.6 Å². The molecule has 1 aliphatic rings. The number of ether oxygens (including phenoxy) is 1. The fourth-order valence-corrected chi connectivity index (χ4v) is 6.38. The second-order valence-electron chi connectivity index (χ2n) is 8.29. The van der Waals surface area contributed by atoms with E-state index in [0.29, 0.717) is 46.4 Å². The zero-order chi connectivity index (χ0) is 25.6. The van der Waals surface area contributed by atoms with Gasteiger partial charge in [-0.15, -0.1) is 11.3 Å². The van der Waals surface area contributed by atoms with Crippen LogP contribution < -0.4 is 9.46 Å². The highest BCUT2D eigenvalue weighted by atomic mass is 32.2. The molecule has 0 saturated carbocycles. The topological polar surface area (TPSA) is 119 Å². The summed E-state index contributed by atoms with van der Waals surface area (Å²) >= 11 is 2.69. The van der Waals surface area contributed by atoms with Gasteiger partial charge in [0.25, 0.3) is 5.91 Å². The van der Waals surface area contributed by atoms with Crippen LogP contribution in [-0.4, -0.2) is 58.2 Å². The van der Waals surface area contributed by atoms with Crippen LogP contribution in [0.1, 0.15) is 39.9 Å². The Kier molecular flexibility index (Phi) is 6.43. The van der Waals surface area contributed by atoms with Gasteiger partial charge in [0.05, 0.1) is 28.2 Å². The highest BCUT2D eigenvalue weighted by molar-refractivity contribution is 7.92. The fraction of sp³-hybridized carbons (Fsp3) is 0.364. The average Bonchev–Trinajstić information content (AvgIpc) is 3.49. The maximum Gasteiger partial charge on any atom is 0.261 e. The first-order valence-corrected chi connectivity index (χ1v) is 14.7. The SMILES string of the molecule is CCc1nc(NS(C)(=O)=O)ccc1OCC(=O)N1CCc2nc3sc(C)nn3c2C1c1sccc1F. The van der Waals surface area contributed by atoms with E-state index in [4.69, 9.17) is 4.74 Å². The highest BCUT2D eigenvalue weighted by Crippen LogP contribution is 2.39. The Balaban J connectivity index is 1.43. The molecule has 0 fully saturated rings. The van der Waals surface area contributed by atoms with E-state index in [1.807, 2.05) is 13.8 Å². The van der Waals surface area contributed by atoms with Crippen molar-refractivity contribution in [1.29, 1.82) is 0 Å². The van der Waals surface area contributed by atoms with Crippen molar-refractivity contribution in [1.82, 2.24) is 24.5 Å². The summed E-state index contributed by atoms with van der Waals surface area (Å²) in [7, 11) is -3.48. The van der Waals surface area contributed by atoms with Gasteiger partial charge in [-0.2, -0.15) is 5.10 Å². The number of anilines is 1. The summed E-state index contributed by atoms with van der Waals surface area (Å²) in [4.78, 5) is 25.2. The summed E-state index contributed by atoms with van der Waals surface area (Å²) in [6.45, 7) is 3.80. The molecule has 5 heterocycles. The number of hydrogen-bond donors (Lipinski definition) is 1. The summed E-state index contributed by atoms with van der Waals surface area (Å²) in [5, 5.41) is 7.03. The number of aromatic nitrogens is 4. The Morgan fingerprint density at radius 3 is 2.81 bits per heavy atom. The smallest absolute Gasteiger partial charge is 0.261 e. The minimum absolute atomic E-state index is 0.174. The number of halogens is 1. The molecule has 10 nitrogen and oxygen atoms in total. The van der Waals surface area contributed by atoms with Crippen LogP contribution in [0.2, 0.25) is 0 Å². The number of carbonyl (C=O) groups is 1. The van der Waals surface area contributed by atoms with Crippen molar-refractivity contribution in [2.75, 3.05) is 24.1 Å². The van der Waals surface area contributed by atoms with Crippen LogP contribution in [0.3, 0.4) is 0 Å². The Morgan fingerprint density at radius 2 is 2.11 bits per heavy atom. The van der Waals surface area contributed by atoms with Crippen molar-refractivity contribution in [3.63, 3.8) is 0 Å². The molecular formula is C22H23FN6O4S3. The second-order valence-corrected chi connectivity index (χ2v) is 12.1. The number of rotatable bonds is 7. The number of hydrogen-bond acceptors (Lipinski definition) is 9. The number of aryl methyl sites for hydroxylation is 2. The van der Waals surface area contributed by atoms with Gasteiger partial charge in [-0.05, 0) is 36.9 Å². The van der Waals surface area contributed by atoms with E-state index in [9.17, 15) is 17.6 Å². The van der Waals surface area contributed by atoms with Crippen molar-refractivity contribution in [2.24, 2.45) is 0 Å². The lowest BCUT2D eigenvalue weighted by Crippen LogP contribution is -2.43. The monoisotopic (exact) mass is 550 g/mol. The maximum atomic E-state index is 14.8. The Morgan fingerprint density at radius 1 is 1.31 bits per heavy atom. The predicted octanol–water partition coefficient (Wildman–Crippen LogP) is 3.18. The third-order valence-electron chi connectivity index (χ3n) is 5.70. The first-order chi connectivity index (χ1) is 17.1. The van der Waals surface area contributed by atoms with Crippen LogP contribution in [0, 0.1) is 12.7 Å². The Bertz CT molecular complexity index is 1560. The van der Waals surface area contributed by atoms with Crippen LogP contribution >= 0.6 is 22.7 Å². The summed E-state index contributed by atoms with van der Waals surface area (Å²) in [6, 6.07) is 3.77. The summed E-state index contributed by atoms with van der Waals surface area (Å²) in [5.41, 5.74) is 2.01. The summed E-state index contributed by atoms with van der Waals surface area (Å²) < 4.78 is 47.7. The number of pyridine rings is 1. The van der Waals surface area contributed by atoms with E-state index < -0.39 is 16.1 Å². The van der Waals surface area contributed by atoms with Crippen LogP contribution in [0.5, 0.6) is 5.75 Å². The molecule has 1 aliphatic heterocycles. The van der Waals surface area contributed by atoms with Crippen molar-refractivity contribution >= 4 is 49.4 Å². The number of sulfonamides is 1. The standard InChI is InChI=1S/C22H23FN6O4S3/c1-4-14-16(5-6-17(24-14)27-36(3,31)32)33-11-18(30)28-9-7-15-19(20(28)21-13(23)8-10-34-21)29-22(25-15)35-12(2)26-29/h5-6,8,10,20H,4,7,9,11H2,1-3H3,(H,24,27). The molecule has 0 aromatic carbocycles. The molecule has 4 aromatic heterocycles. The molecule has 4 aromatic rings. The van der Waals surface area contributed by atoms with Crippen LogP contribution in [0.25, 0.3) is 4.96 Å². The molecule has 1 N–H and O–H groups in total. The van der Waals surface area contributed by atoms with E-state index in [2.05, 4.69) is 19.8 Å². The van der Waals surface area contributed by atoms with Gasteiger partial charge in [-0.3, -0.25) is 9.52 Å². The van der Waals surface area contributed by atoms with Gasteiger partial charge < -0.3 is 9.64 Å². The van der Waals surface area contributed by atoms with E-state index >= 15 is 0 Å². The maximum absolute atomic E-state index is 14.8. The van der Waals surface area contributed by atoms with Gasteiger partial charge in [0, 0.05) is 13.0 Å². The lowest BCUT2D eigenvalue weighted by molar-refractivity contribution is -0.135. The summed E-state index contributed by atoms with van der Waals surface area (Å²) in [5.74, 6) is -0.151. The Labute approximate surface area is 214 Å². The van der Waals surface area contributed by atoms with Gasteiger partial charge in [0.2, 0.25) is 15.0 Å². The van der Waals surface area contributed by atoms with E-state index in [-0.39, 0.29) is 24.1 Å². The van der Waals surface area contributed by atoms with Gasteiger partial charge in [-0.1, -0.05) is 18.3 Å². The van der Waals surface area contributed by atoms with E-state index in [1.165, 1.54) is 34.8 Å². The Hall–Kier alpha value is -3.10. The lowest BCUT2D eigenvalue weighted by atomic mass is 10.0. The van der Waals surface area contributed by atoms with Crippen LogP contribution in [0.4, 0.5) is 10.2 Å². The minimum Gasteiger partial charge on any atom is -0.482 e. The molecule has 36 heavy (non-hydrogen) atoms. The quantitative estimate of drug-likeness (QED) is 0.375. The third-order valence-corrected chi connectivity index (χ3v) is 8.05. The lowest BCUT2D eigenvalue weighted by Gasteiger charge is -2.34. The molecule has 190 valence electrons. The number of amides is 1.